The molecule has 1 aliphatic rings. The first-order valence-corrected chi connectivity index (χ1v) is 10.0. The number of halogens is 1. The third-order valence-corrected chi connectivity index (χ3v) is 5.66. The minimum atomic E-state index is -0.317. The Balaban J connectivity index is 1.66. The summed E-state index contributed by atoms with van der Waals surface area (Å²) < 4.78 is 0. The molecule has 3 N–H and O–H groups in total. The van der Waals surface area contributed by atoms with Crippen molar-refractivity contribution < 1.29 is 4.79 Å². The van der Waals surface area contributed by atoms with Crippen LogP contribution in [0.1, 0.15) is 43.0 Å². The van der Waals surface area contributed by atoms with Crippen LogP contribution in [-0.2, 0) is 4.79 Å². The molecular formula is C22H28ClN3O. The van der Waals surface area contributed by atoms with Gasteiger partial charge in [-0.25, -0.2) is 0 Å². The molecule has 2 aromatic rings. The summed E-state index contributed by atoms with van der Waals surface area (Å²) in [7, 11) is 0. The zero-order chi connectivity index (χ0) is 19.2. The second-order valence-electron chi connectivity index (χ2n) is 7.28. The van der Waals surface area contributed by atoms with Crippen molar-refractivity contribution in [3.8, 4) is 0 Å². The summed E-state index contributed by atoms with van der Waals surface area (Å²) in [6.07, 6.45) is 2.39. The van der Waals surface area contributed by atoms with Crippen molar-refractivity contribution in [1.29, 1.82) is 0 Å². The van der Waals surface area contributed by atoms with Gasteiger partial charge in [-0.05, 0) is 49.2 Å². The molecule has 3 rings (SSSR count). The zero-order valence-electron chi connectivity index (χ0n) is 15.8. The summed E-state index contributed by atoms with van der Waals surface area (Å²) in [5.41, 5.74) is 8.43. The molecule has 0 bridgehead atoms. The van der Waals surface area contributed by atoms with Crippen LogP contribution in [0.15, 0.2) is 54.6 Å². The number of amides is 1. The number of hydrogen-bond donors (Lipinski definition) is 2. The first kappa shape index (κ1) is 19.9. The van der Waals surface area contributed by atoms with Crippen molar-refractivity contribution >= 4 is 17.5 Å². The molecule has 5 heteroatoms. The van der Waals surface area contributed by atoms with Crippen LogP contribution in [0, 0.1) is 5.92 Å². The fourth-order valence-corrected chi connectivity index (χ4v) is 3.91. The van der Waals surface area contributed by atoms with Crippen LogP contribution in [-0.4, -0.2) is 30.4 Å². The molecule has 3 unspecified atom stereocenters. The number of benzene rings is 2. The maximum Gasteiger partial charge on any atom is 0.224 e. The molecule has 0 saturated carbocycles. The Morgan fingerprint density at radius 3 is 2.44 bits per heavy atom. The second kappa shape index (κ2) is 9.36. The van der Waals surface area contributed by atoms with Crippen LogP contribution in [0.3, 0.4) is 0 Å². The summed E-state index contributed by atoms with van der Waals surface area (Å²) >= 11 is 6.20. The Hall–Kier alpha value is -1.88. The largest absolute Gasteiger partial charge is 0.354 e. The number of carbonyl (C=O) groups excluding carboxylic acids is 1. The van der Waals surface area contributed by atoms with Crippen molar-refractivity contribution in [2.75, 3.05) is 19.6 Å². The number of rotatable bonds is 7. The zero-order valence-corrected chi connectivity index (χ0v) is 16.5. The highest BCUT2D eigenvalue weighted by Gasteiger charge is 2.26. The highest BCUT2D eigenvalue weighted by atomic mass is 35.5. The topological polar surface area (TPSA) is 58.4 Å². The molecule has 27 heavy (non-hydrogen) atoms. The molecular weight excluding hydrogens is 358 g/mol. The van der Waals surface area contributed by atoms with Gasteiger partial charge in [0.25, 0.3) is 0 Å². The lowest BCUT2D eigenvalue weighted by atomic mass is 9.94. The van der Waals surface area contributed by atoms with Crippen LogP contribution in [0.25, 0.3) is 0 Å². The fourth-order valence-electron chi connectivity index (χ4n) is 3.71. The minimum absolute atomic E-state index is 0.0161. The number of nitrogens with two attached hydrogens (primary N) is 1. The molecule has 144 valence electrons. The van der Waals surface area contributed by atoms with E-state index in [2.05, 4.69) is 16.3 Å². The van der Waals surface area contributed by atoms with Gasteiger partial charge in [-0.15, -0.1) is 0 Å². The maximum absolute atomic E-state index is 12.7. The number of nitrogens with one attached hydrogen (secondary N) is 1. The van der Waals surface area contributed by atoms with Gasteiger partial charge in [0.2, 0.25) is 5.91 Å². The van der Waals surface area contributed by atoms with E-state index in [1.165, 1.54) is 12.8 Å². The highest BCUT2D eigenvalue weighted by molar-refractivity contribution is 6.30. The van der Waals surface area contributed by atoms with Crippen molar-refractivity contribution in [2.24, 2.45) is 11.7 Å². The van der Waals surface area contributed by atoms with Crippen LogP contribution in [0.2, 0.25) is 5.02 Å². The molecule has 0 radical (unpaired) electrons. The summed E-state index contributed by atoms with van der Waals surface area (Å²) in [5, 5.41) is 3.85. The van der Waals surface area contributed by atoms with Gasteiger partial charge in [0.1, 0.15) is 0 Å². The van der Waals surface area contributed by atoms with Crippen molar-refractivity contribution in [1.82, 2.24) is 10.2 Å². The molecule has 0 aromatic heterocycles. The SMILES string of the molecule is CC(C(=O)NCC(c1cccc(Cl)c1)N1CCCC1)C(N)c1ccccc1. The monoisotopic (exact) mass is 385 g/mol. The first-order valence-electron chi connectivity index (χ1n) is 9.64. The van der Waals surface area contributed by atoms with E-state index < -0.39 is 0 Å². The van der Waals surface area contributed by atoms with E-state index in [0.29, 0.717) is 6.54 Å². The van der Waals surface area contributed by atoms with E-state index >= 15 is 0 Å². The lowest BCUT2D eigenvalue weighted by Crippen LogP contribution is -2.41. The van der Waals surface area contributed by atoms with E-state index in [0.717, 1.165) is 29.2 Å². The van der Waals surface area contributed by atoms with E-state index in [1.807, 2.05) is 55.5 Å². The average Bonchev–Trinajstić information content (AvgIpc) is 3.22. The van der Waals surface area contributed by atoms with Gasteiger partial charge in [0.05, 0.1) is 12.0 Å². The molecule has 3 atom stereocenters. The van der Waals surface area contributed by atoms with Gasteiger partial charge in [0.15, 0.2) is 0 Å². The van der Waals surface area contributed by atoms with Crippen molar-refractivity contribution in [3.63, 3.8) is 0 Å². The molecule has 1 amide bonds. The molecule has 0 spiro atoms. The Kier molecular flexibility index (Phi) is 6.89. The molecule has 2 aromatic carbocycles. The molecule has 1 aliphatic heterocycles. The number of carbonyl (C=O) groups is 1. The minimum Gasteiger partial charge on any atom is -0.354 e. The summed E-state index contributed by atoms with van der Waals surface area (Å²) in [4.78, 5) is 15.2. The van der Waals surface area contributed by atoms with Gasteiger partial charge >= 0.3 is 0 Å². The highest BCUT2D eigenvalue weighted by Crippen LogP contribution is 2.27. The van der Waals surface area contributed by atoms with Gasteiger partial charge < -0.3 is 11.1 Å². The van der Waals surface area contributed by atoms with E-state index in [-0.39, 0.29) is 23.9 Å². The number of likely N-dealkylation sites (tertiary alicyclic amines) is 1. The van der Waals surface area contributed by atoms with Crippen LogP contribution >= 0.6 is 11.6 Å². The van der Waals surface area contributed by atoms with Crippen molar-refractivity contribution in [2.45, 2.75) is 31.8 Å². The predicted molar refractivity (Wildman–Crippen MR) is 111 cm³/mol. The molecule has 0 aliphatic carbocycles. The van der Waals surface area contributed by atoms with Gasteiger partial charge in [-0.1, -0.05) is 61.0 Å². The third kappa shape index (κ3) is 5.10. The number of hydrogen-bond acceptors (Lipinski definition) is 3. The van der Waals surface area contributed by atoms with Crippen LogP contribution in [0.5, 0.6) is 0 Å². The quantitative estimate of drug-likeness (QED) is 0.759. The van der Waals surface area contributed by atoms with Crippen LogP contribution < -0.4 is 11.1 Å². The van der Waals surface area contributed by atoms with Crippen molar-refractivity contribution in [3.05, 3.63) is 70.7 Å². The Bertz CT molecular complexity index is 746. The summed E-state index contributed by atoms with van der Waals surface area (Å²) in [6, 6.07) is 17.5. The summed E-state index contributed by atoms with van der Waals surface area (Å²) in [6.45, 7) is 4.54. The molecule has 1 fully saturated rings. The summed E-state index contributed by atoms with van der Waals surface area (Å²) in [5.74, 6) is -0.316. The van der Waals surface area contributed by atoms with Gasteiger partial charge in [0, 0.05) is 17.6 Å². The molecule has 4 nitrogen and oxygen atoms in total. The Morgan fingerprint density at radius 1 is 1.11 bits per heavy atom. The number of nitrogens with zero attached hydrogens (tertiary/aromatic N) is 1. The second-order valence-corrected chi connectivity index (χ2v) is 7.72. The smallest absolute Gasteiger partial charge is 0.224 e. The molecule has 1 heterocycles. The Labute approximate surface area is 166 Å². The average molecular weight is 386 g/mol. The van der Waals surface area contributed by atoms with Crippen LogP contribution in [0.4, 0.5) is 0 Å². The fraction of sp³-hybridized carbons (Fsp3) is 0.409. The van der Waals surface area contributed by atoms with E-state index in [9.17, 15) is 4.79 Å². The first-order chi connectivity index (χ1) is 13.1. The molecule has 1 saturated heterocycles. The van der Waals surface area contributed by atoms with E-state index in [1.54, 1.807) is 0 Å². The normalized spacial score (nSPS) is 18.0. The van der Waals surface area contributed by atoms with Gasteiger partial charge in [-0.3, -0.25) is 9.69 Å². The lowest BCUT2D eigenvalue weighted by molar-refractivity contribution is -0.125. The predicted octanol–water partition coefficient (Wildman–Crippen LogP) is 3.93. The van der Waals surface area contributed by atoms with E-state index in [4.69, 9.17) is 17.3 Å². The maximum atomic E-state index is 12.7. The third-order valence-electron chi connectivity index (χ3n) is 5.42. The Morgan fingerprint density at radius 2 is 1.78 bits per heavy atom. The van der Waals surface area contributed by atoms with Gasteiger partial charge in [-0.2, -0.15) is 0 Å². The standard InChI is InChI=1S/C22H28ClN3O/c1-16(21(24)17-8-3-2-4-9-17)22(27)25-15-20(26-12-5-6-13-26)18-10-7-11-19(23)14-18/h2-4,7-11,14,16,20-21H,5-6,12-13,15,24H2,1H3,(H,25,27). The lowest BCUT2D eigenvalue weighted by Gasteiger charge is -2.29.